The normalized spacial score (nSPS) is 13.0. The second-order valence-electron chi connectivity index (χ2n) is 4.80. The first kappa shape index (κ1) is 16.1. The number of aromatic nitrogens is 1. The van der Waals surface area contributed by atoms with Crippen LogP contribution in [0, 0.1) is 0 Å². The number of carbonyl (C=O) groups excluding carboxylic acids is 1. The summed E-state index contributed by atoms with van der Waals surface area (Å²) >= 11 is 0. The minimum Gasteiger partial charge on any atom is -0.394 e. The number of nitrogens with zero attached hydrogens (tertiary/aromatic N) is 1. The molecule has 2 rings (SSSR count). The van der Waals surface area contributed by atoms with Crippen molar-refractivity contribution < 1.29 is 23.1 Å². The van der Waals surface area contributed by atoms with E-state index in [1.807, 2.05) is 0 Å². The van der Waals surface area contributed by atoms with Crippen molar-refractivity contribution in [3.05, 3.63) is 59.4 Å². The number of halogens is 3. The fraction of sp³-hybridized carbons (Fsp3) is 0.267. The average molecular weight is 312 g/mol. The van der Waals surface area contributed by atoms with Gasteiger partial charge in [0.05, 0.1) is 18.2 Å². The topological polar surface area (TPSA) is 54.3 Å². The molecule has 0 radical (unpaired) electrons. The van der Waals surface area contributed by atoms with Crippen molar-refractivity contribution in [3.63, 3.8) is 0 Å². The third-order valence-corrected chi connectivity index (χ3v) is 3.31. The molecule has 0 aliphatic heterocycles. The molecular formula is C15H15F3N2O2. The number of aliphatic hydroxyl groups excluding tert-OH is 1. The van der Waals surface area contributed by atoms with Crippen LogP contribution in [0.4, 0.5) is 13.2 Å². The predicted octanol–water partition coefficient (Wildman–Crippen LogP) is 2.51. The zero-order chi connectivity index (χ0) is 16.3. The van der Waals surface area contributed by atoms with Crippen LogP contribution in [0.1, 0.15) is 27.7 Å². The minimum atomic E-state index is -4.56. The Balaban J connectivity index is 2.30. The van der Waals surface area contributed by atoms with Gasteiger partial charge in [-0.3, -0.25) is 4.79 Å². The molecule has 4 nitrogen and oxygen atoms in total. The maximum absolute atomic E-state index is 13.0. The van der Waals surface area contributed by atoms with Gasteiger partial charge in [-0.25, -0.2) is 0 Å². The third kappa shape index (κ3) is 3.30. The van der Waals surface area contributed by atoms with Crippen LogP contribution in [0.25, 0.3) is 0 Å². The molecule has 0 saturated carbocycles. The Morgan fingerprint density at radius 3 is 2.50 bits per heavy atom. The van der Waals surface area contributed by atoms with Gasteiger partial charge in [0, 0.05) is 13.2 Å². The summed E-state index contributed by atoms with van der Waals surface area (Å²) < 4.78 is 40.6. The molecule has 1 aromatic carbocycles. The number of carbonyl (C=O) groups is 1. The Kier molecular flexibility index (Phi) is 4.56. The van der Waals surface area contributed by atoms with Crippen molar-refractivity contribution in [3.8, 4) is 0 Å². The molecule has 0 aliphatic rings. The van der Waals surface area contributed by atoms with E-state index in [1.54, 1.807) is 29.9 Å². The summed E-state index contributed by atoms with van der Waals surface area (Å²) in [5, 5.41) is 11.8. The molecule has 0 spiro atoms. The fourth-order valence-electron chi connectivity index (χ4n) is 2.21. The van der Waals surface area contributed by atoms with Gasteiger partial charge in [0.15, 0.2) is 0 Å². The van der Waals surface area contributed by atoms with Crippen LogP contribution < -0.4 is 5.32 Å². The minimum absolute atomic E-state index is 0.167. The smallest absolute Gasteiger partial charge is 0.394 e. The average Bonchev–Trinajstić information content (AvgIpc) is 2.90. The van der Waals surface area contributed by atoms with Gasteiger partial charge in [-0.15, -0.1) is 0 Å². The number of rotatable bonds is 4. The molecule has 2 N–H and O–H groups in total. The number of hydrogen-bond acceptors (Lipinski definition) is 2. The number of nitrogens with one attached hydrogen (secondary N) is 1. The van der Waals surface area contributed by atoms with Gasteiger partial charge in [0.25, 0.3) is 5.91 Å². The van der Waals surface area contributed by atoms with E-state index in [0.29, 0.717) is 5.69 Å². The molecular weight excluding hydrogens is 297 g/mol. The summed E-state index contributed by atoms with van der Waals surface area (Å²) in [4.78, 5) is 12.1. The highest BCUT2D eigenvalue weighted by Gasteiger charge is 2.35. The first-order valence-electron chi connectivity index (χ1n) is 6.53. The van der Waals surface area contributed by atoms with Gasteiger partial charge in [0.2, 0.25) is 0 Å². The lowest BCUT2D eigenvalue weighted by atomic mass is 10.00. The monoisotopic (exact) mass is 312 g/mol. The quantitative estimate of drug-likeness (QED) is 0.911. The Morgan fingerprint density at radius 2 is 1.95 bits per heavy atom. The van der Waals surface area contributed by atoms with Crippen LogP contribution in [-0.4, -0.2) is 22.2 Å². The Labute approximate surface area is 125 Å². The van der Waals surface area contributed by atoms with Gasteiger partial charge in [0.1, 0.15) is 5.69 Å². The summed E-state index contributed by atoms with van der Waals surface area (Å²) in [6.45, 7) is -0.636. The van der Waals surface area contributed by atoms with Crippen molar-refractivity contribution in [2.75, 3.05) is 6.61 Å². The van der Waals surface area contributed by atoms with E-state index in [1.165, 1.54) is 18.2 Å². The van der Waals surface area contributed by atoms with E-state index in [-0.39, 0.29) is 5.56 Å². The highest BCUT2D eigenvalue weighted by atomic mass is 19.4. The van der Waals surface area contributed by atoms with Crippen LogP contribution in [0.5, 0.6) is 0 Å². The van der Waals surface area contributed by atoms with Gasteiger partial charge >= 0.3 is 6.18 Å². The predicted molar refractivity (Wildman–Crippen MR) is 74.2 cm³/mol. The molecule has 22 heavy (non-hydrogen) atoms. The zero-order valence-electron chi connectivity index (χ0n) is 11.8. The first-order valence-corrected chi connectivity index (χ1v) is 6.53. The molecule has 0 aliphatic carbocycles. The van der Waals surface area contributed by atoms with Gasteiger partial charge in [-0.2, -0.15) is 13.2 Å². The highest BCUT2D eigenvalue weighted by molar-refractivity contribution is 5.93. The van der Waals surface area contributed by atoms with Crippen LogP contribution in [0.15, 0.2) is 42.6 Å². The zero-order valence-corrected chi connectivity index (χ0v) is 11.8. The highest BCUT2D eigenvalue weighted by Crippen LogP contribution is 2.34. The summed E-state index contributed by atoms with van der Waals surface area (Å²) in [6.07, 6.45) is -2.91. The fourth-order valence-corrected chi connectivity index (χ4v) is 2.21. The van der Waals surface area contributed by atoms with Crippen LogP contribution in [0.3, 0.4) is 0 Å². The Bertz CT molecular complexity index is 665. The Morgan fingerprint density at radius 1 is 1.27 bits per heavy atom. The Hall–Kier alpha value is -2.28. The molecule has 7 heteroatoms. The second kappa shape index (κ2) is 6.23. The first-order chi connectivity index (χ1) is 10.3. The van der Waals surface area contributed by atoms with Crippen LogP contribution in [-0.2, 0) is 13.2 Å². The van der Waals surface area contributed by atoms with Crippen molar-refractivity contribution >= 4 is 5.91 Å². The van der Waals surface area contributed by atoms with Crippen LogP contribution in [0.2, 0.25) is 0 Å². The molecule has 118 valence electrons. The molecule has 1 aromatic heterocycles. The largest absolute Gasteiger partial charge is 0.416 e. The molecule has 0 saturated heterocycles. The van der Waals surface area contributed by atoms with E-state index >= 15 is 0 Å². The molecule has 1 atom stereocenters. The summed E-state index contributed by atoms with van der Waals surface area (Å²) in [6, 6.07) is 6.91. The maximum atomic E-state index is 13.0. The standard InChI is InChI=1S/C15H15F3N2O2/c1-20-8-4-7-13(20)14(22)19-12(9-21)10-5-2-3-6-11(10)15(16,17)18/h2-8,12,21H,9H2,1H3,(H,19,22). The summed E-state index contributed by atoms with van der Waals surface area (Å²) in [7, 11) is 1.65. The number of aryl methyl sites for hydroxylation is 1. The lowest BCUT2D eigenvalue weighted by Crippen LogP contribution is -2.33. The second-order valence-corrected chi connectivity index (χ2v) is 4.80. The summed E-state index contributed by atoms with van der Waals surface area (Å²) in [5.74, 6) is -0.552. The van der Waals surface area contributed by atoms with E-state index in [2.05, 4.69) is 5.32 Å². The van der Waals surface area contributed by atoms with Crippen molar-refractivity contribution in [1.82, 2.24) is 9.88 Å². The number of hydrogen-bond donors (Lipinski definition) is 2. The van der Waals surface area contributed by atoms with E-state index in [9.17, 15) is 23.1 Å². The molecule has 2 aromatic rings. The molecule has 1 heterocycles. The van der Waals surface area contributed by atoms with E-state index < -0.39 is 30.3 Å². The summed E-state index contributed by atoms with van der Waals surface area (Å²) in [5.41, 5.74) is -0.746. The van der Waals surface area contributed by atoms with Gasteiger partial charge in [-0.1, -0.05) is 18.2 Å². The number of aliphatic hydroxyl groups is 1. The maximum Gasteiger partial charge on any atom is 0.416 e. The lowest BCUT2D eigenvalue weighted by molar-refractivity contribution is -0.138. The van der Waals surface area contributed by atoms with E-state index in [4.69, 9.17) is 0 Å². The SMILES string of the molecule is Cn1cccc1C(=O)NC(CO)c1ccccc1C(F)(F)F. The van der Waals surface area contributed by atoms with Gasteiger partial charge in [-0.05, 0) is 23.8 Å². The van der Waals surface area contributed by atoms with Gasteiger partial charge < -0.3 is 15.0 Å². The van der Waals surface area contributed by atoms with Crippen LogP contribution >= 0.6 is 0 Å². The van der Waals surface area contributed by atoms with Crippen molar-refractivity contribution in [2.45, 2.75) is 12.2 Å². The van der Waals surface area contributed by atoms with Crippen molar-refractivity contribution in [1.29, 1.82) is 0 Å². The molecule has 0 fully saturated rings. The molecule has 1 amide bonds. The molecule has 0 bridgehead atoms. The third-order valence-electron chi connectivity index (χ3n) is 3.31. The number of amides is 1. The molecule has 1 unspecified atom stereocenters. The number of benzene rings is 1. The van der Waals surface area contributed by atoms with E-state index in [0.717, 1.165) is 6.07 Å². The van der Waals surface area contributed by atoms with Crippen molar-refractivity contribution in [2.24, 2.45) is 7.05 Å². The number of alkyl halides is 3. The lowest BCUT2D eigenvalue weighted by Gasteiger charge is -2.21.